The van der Waals surface area contributed by atoms with Crippen molar-refractivity contribution in [3.8, 4) is 0 Å². The molecule has 0 saturated heterocycles. The Kier molecular flexibility index (Phi) is 23.1. The molecule has 10 heteroatoms. The summed E-state index contributed by atoms with van der Waals surface area (Å²) in [5, 5.41) is 2.47. The van der Waals surface area contributed by atoms with E-state index in [1.54, 1.807) is 11.8 Å². The summed E-state index contributed by atoms with van der Waals surface area (Å²) in [4.78, 5) is 11.8. The van der Waals surface area contributed by atoms with Gasteiger partial charge >= 0.3 is 6.09 Å². The largest absolute Gasteiger partial charge is 0.443 e. The standard InChI is InChI=1S/C27H56IN3O4S2/c1-6-7-8-9-10-11-12-13-14-15-16-17-18-19-22-36-26(28)25(35-27(32)29-2)24-30-37(33,34)23-20-21-31(3,4)5/h25-26,30H,6-24H2,1-5H3/p+1. The predicted octanol–water partition coefficient (Wildman–Crippen LogP) is 6.70. The Morgan fingerprint density at radius 1 is 0.865 bits per heavy atom. The van der Waals surface area contributed by atoms with Gasteiger partial charge < -0.3 is 14.5 Å². The minimum atomic E-state index is -3.41. The molecule has 222 valence electrons. The molecule has 2 unspecified atom stereocenters. The van der Waals surface area contributed by atoms with Crippen LogP contribution in [0.15, 0.2) is 0 Å². The maximum absolute atomic E-state index is 12.4. The number of carbonyl (C=O) groups excluding carboxylic acids is 1. The molecule has 0 saturated carbocycles. The number of halogens is 1. The topological polar surface area (TPSA) is 84.5 Å². The van der Waals surface area contributed by atoms with E-state index in [0.717, 1.165) is 23.2 Å². The highest BCUT2D eigenvalue weighted by atomic mass is 127. The van der Waals surface area contributed by atoms with E-state index in [1.165, 1.54) is 90.5 Å². The van der Waals surface area contributed by atoms with E-state index in [4.69, 9.17) is 4.74 Å². The Hall–Kier alpha value is 0.220. The Balaban J connectivity index is 4.06. The normalized spacial score (nSPS) is 13.9. The number of hydrogen-bond acceptors (Lipinski definition) is 5. The molecule has 0 radical (unpaired) electrons. The number of nitrogens with one attached hydrogen (secondary N) is 2. The molecule has 0 bridgehead atoms. The van der Waals surface area contributed by atoms with Gasteiger partial charge in [0, 0.05) is 20.0 Å². The summed E-state index contributed by atoms with van der Waals surface area (Å²) in [6, 6.07) is 0. The van der Waals surface area contributed by atoms with E-state index in [1.807, 2.05) is 21.1 Å². The summed E-state index contributed by atoms with van der Waals surface area (Å²) in [6.07, 6.45) is 18.3. The molecule has 0 aromatic rings. The molecule has 0 aliphatic carbocycles. The highest BCUT2D eigenvalue weighted by Crippen LogP contribution is 2.25. The van der Waals surface area contributed by atoms with Crippen molar-refractivity contribution in [3.05, 3.63) is 0 Å². The summed E-state index contributed by atoms with van der Waals surface area (Å²) in [5.41, 5.74) is 0. The molecule has 37 heavy (non-hydrogen) atoms. The van der Waals surface area contributed by atoms with Gasteiger partial charge in [-0.3, -0.25) is 0 Å². The molecule has 2 N–H and O–H groups in total. The molecule has 0 spiro atoms. The number of thioether (sulfide) groups is 1. The van der Waals surface area contributed by atoms with E-state index < -0.39 is 22.2 Å². The second-order valence-corrected chi connectivity index (χ2v) is 16.4. The van der Waals surface area contributed by atoms with Crippen molar-refractivity contribution in [3.63, 3.8) is 0 Å². The smallest absolute Gasteiger partial charge is 0.407 e. The number of carbonyl (C=O) groups is 1. The first-order chi connectivity index (χ1) is 17.5. The minimum Gasteiger partial charge on any atom is -0.443 e. The monoisotopic (exact) mass is 678 g/mol. The highest BCUT2D eigenvalue weighted by molar-refractivity contribution is 14.1. The lowest BCUT2D eigenvalue weighted by Gasteiger charge is -2.24. The second-order valence-electron chi connectivity index (χ2n) is 11.0. The Morgan fingerprint density at radius 3 is 1.81 bits per heavy atom. The average molecular weight is 679 g/mol. The third-order valence-corrected chi connectivity index (χ3v) is 10.7. The van der Waals surface area contributed by atoms with Gasteiger partial charge in [0.1, 0.15) is 6.10 Å². The van der Waals surface area contributed by atoms with Crippen LogP contribution >= 0.6 is 34.4 Å². The quantitative estimate of drug-likeness (QED) is 0.0486. The van der Waals surface area contributed by atoms with Gasteiger partial charge in [-0.05, 0) is 12.2 Å². The molecule has 0 fully saturated rings. The number of amides is 1. The van der Waals surface area contributed by atoms with Crippen molar-refractivity contribution in [2.24, 2.45) is 0 Å². The van der Waals surface area contributed by atoms with Crippen LogP contribution in [0.4, 0.5) is 4.79 Å². The van der Waals surface area contributed by atoms with Crippen molar-refractivity contribution in [1.82, 2.24) is 10.0 Å². The summed E-state index contributed by atoms with van der Waals surface area (Å²) < 4.78 is 33.7. The molecule has 7 nitrogen and oxygen atoms in total. The Bertz CT molecular complexity index is 661. The zero-order valence-corrected chi connectivity index (χ0v) is 28.2. The lowest BCUT2D eigenvalue weighted by atomic mass is 10.0. The number of sulfonamides is 1. The summed E-state index contributed by atoms with van der Waals surface area (Å²) in [6.45, 7) is 3.15. The number of nitrogens with zero attached hydrogens (tertiary/aromatic N) is 1. The van der Waals surface area contributed by atoms with Gasteiger partial charge in [0.15, 0.2) is 0 Å². The third kappa shape index (κ3) is 25.0. The highest BCUT2D eigenvalue weighted by Gasteiger charge is 2.25. The molecular formula is C27H57IN3O4S2+. The number of rotatable bonds is 25. The molecule has 0 aliphatic rings. The van der Waals surface area contributed by atoms with Crippen molar-refractivity contribution in [2.45, 2.75) is 113 Å². The molecule has 0 aromatic heterocycles. The third-order valence-electron chi connectivity index (χ3n) is 6.28. The first-order valence-corrected chi connectivity index (χ1v) is 18.4. The van der Waals surface area contributed by atoms with Crippen LogP contribution < -0.4 is 10.0 Å². The van der Waals surface area contributed by atoms with Gasteiger partial charge in [0.05, 0.1) is 36.7 Å². The van der Waals surface area contributed by atoms with Crippen LogP contribution in [-0.2, 0) is 14.8 Å². The number of alkyl carbamates (subject to hydrolysis) is 1. The van der Waals surface area contributed by atoms with Crippen LogP contribution in [-0.4, -0.2) is 81.1 Å². The average Bonchev–Trinajstić information content (AvgIpc) is 2.82. The fourth-order valence-corrected chi connectivity index (χ4v) is 7.19. The molecular weight excluding hydrogens is 621 g/mol. The van der Waals surface area contributed by atoms with Gasteiger partial charge in [0.2, 0.25) is 10.0 Å². The number of unbranched alkanes of at least 4 members (excludes halogenated alkanes) is 13. The summed E-state index contributed by atoms with van der Waals surface area (Å²) in [5.74, 6) is 1.06. The Morgan fingerprint density at radius 2 is 1.35 bits per heavy atom. The number of quaternary nitrogens is 1. The number of hydrogen-bond donors (Lipinski definition) is 2. The van der Waals surface area contributed by atoms with E-state index in [9.17, 15) is 13.2 Å². The molecule has 1 amide bonds. The molecule has 0 rings (SSSR count). The van der Waals surface area contributed by atoms with E-state index in [2.05, 4.69) is 39.6 Å². The van der Waals surface area contributed by atoms with E-state index in [0.29, 0.717) is 6.42 Å². The molecule has 0 aromatic carbocycles. The van der Waals surface area contributed by atoms with Crippen molar-refractivity contribution < 1.29 is 22.4 Å². The van der Waals surface area contributed by atoms with Crippen LogP contribution in [0.5, 0.6) is 0 Å². The zero-order valence-electron chi connectivity index (χ0n) is 24.4. The van der Waals surface area contributed by atoms with Crippen molar-refractivity contribution in [2.75, 3.05) is 52.8 Å². The fourth-order valence-electron chi connectivity index (χ4n) is 3.99. The molecule has 0 heterocycles. The Labute approximate surface area is 247 Å². The second kappa shape index (κ2) is 23.0. The van der Waals surface area contributed by atoms with Gasteiger partial charge in [-0.25, -0.2) is 17.9 Å². The first kappa shape index (κ1) is 37.2. The SMILES string of the molecule is CCCCCCCCCCCCCCCCSC(I)C(CNS(=O)(=O)CCC[N+](C)(C)C)OC(=O)NC. The van der Waals surface area contributed by atoms with Gasteiger partial charge in [0.25, 0.3) is 0 Å². The van der Waals surface area contributed by atoms with Gasteiger partial charge in [-0.2, -0.15) is 0 Å². The summed E-state index contributed by atoms with van der Waals surface area (Å²) in [7, 11) is 4.24. The van der Waals surface area contributed by atoms with Crippen LogP contribution in [0.1, 0.15) is 103 Å². The number of ether oxygens (including phenoxy) is 1. The van der Waals surface area contributed by atoms with Gasteiger partial charge in [-0.15, -0.1) is 11.8 Å². The van der Waals surface area contributed by atoms with Crippen LogP contribution in [0, 0.1) is 0 Å². The number of alkyl halides is 1. The van der Waals surface area contributed by atoms with Crippen molar-refractivity contribution >= 4 is 50.5 Å². The maximum Gasteiger partial charge on any atom is 0.407 e. The zero-order chi connectivity index (χ0) is 28.0. The lowest BCUT2D eigenvalue weighted by Crippen LogP contribution is -2.42. The predicted molar refractivity (Wildman–Crippen MR) is 169 cm³/mol. The minimum absolute atomic E-state index is 0.0224. The van der Waals surface area contributed by atoms with Crippen LogP contribution in [0.3, 0.4) is 0 Å². The molecule has 2 atom stereocenters. The fraction of sp³-hybridized carbons (Fsp3) is 0.963. The van der Waals surface area contributed by atoms with Crippen LogP contribution in [0.25, 0.3) is 0 Å². The van der Waals surface area contributed by atoms with Crippen LogP contribution in [0.2, 0.25) is 0 Å². The summed E-state index contributed by atoms with van der Waals surface area (Å²) >= 11 is 4.00. The first-order valence-electron chi connectivity index (χ1n) is 14.4. The lowest BCUT2D eigenvalue weighted by molar-refractivity contribution is -0.870. The van der Waals surface area contributed by atoms with Crippen molar-refractivity contribution in [1.29, 1.82) is 0 Å². The molecule has 0 aliphatic heterocycles. The van der Waals surface area contributed by atoms with E-state index in [-0.39, 0.29) is 15.6 Å². The van der Waals surface area contributed by atoms with Gasteiger partial charge in [-0.1, -0.05) is 113 Å². The van der Waals surface area contributed by atoms with E-state index >= 15 is 0 Å². The maximum atomic E-state index is 12.4.